The van der Waals surface area contributed by atoms with E-state index in [9.17, 15) is 4.79 Å². The van der Waals surface area contributed by atoms with E-state index in [1.165, 1.54) is 12.0 Å². The molecular formula is C17H25NO2. The Morgan fingerprint density at radius 1 is 1.35 bits per heavy atom. The molecule has 1 aromatic carbocycles. The summed E-state index contributed by atoms with van der Waals surface area (Å²) >= 11 is 0. The second-order valence-corrected chi connectivity index (χ2v) is 6.49. The Hall–Kier alpha value is -1.35. The summed E-state index contributed by atoms with van der Waals surface area (Å²) in [6, 6.07) is 10.7. The number of benzene rings is 1. The van der Waals surface area contributed by atoms with Gasteiger partial charge in [-0.3, -0.25) is 4.79 Å². The summed E-state index contributed by atoms with van der Waals surface area (Å²) in [6.07, 6.45) is 2.92. The maximum Gasteiger partial charge on any atom is 0.309 e. The zero-order valence-corrected chi connectivity index (χ0v) is 12.5. The van der Waals surface area contributed by atoms with Crippen molar-refractivity contribution in [2.45, 2.75) is 39.0 Å². The van der Waals surface area contributed by atoms with Crippen LogP contribution in [0.5, 0.6) is 0 Å². The van der Waals surface area contributed by atoms with Crippen molar-refractivity contribution in [1.29, 1.82) is 0 Å². The highest BCUT2D eigenvalue weighted by Gasteiger charge is 2.28. The summed E-state index contributed by atoms with van der Waals surface area (Å²) in [5, 5.41) is 9.11. The first-order valence-corrected chi connectivity index (χ1v) is 7.50. The highest BCUT2D eigenvalue weighted by atomic mass is 16.4. The molecule has 3 heteroatoms. The maximum absolute atomic E-state index is 11.1. The van der Waals surface area contributed by atoms with Crippen molar-refractivity contribution in [2.24, 2.45) is 5.41 Å². The normalized spacial score (nSPS) is 20.2. The lowest BCUT2D eigenvalue weighted by Crippen LogP contribution is -2.27. The Morgan fingerprint density at radius 2 is 2.05 bits per heavy atom. The highest BCUT2D eigenvalue weighted by Crippen LogP contribution is 2.28. The van der Waals surface area contributed by atoms with Crippen molar-refractivity contribution < 1.29 is 9.90 Å². The molecule has 20 heavy (non-hydrogen) atoms. The second-order valence-electron chi connectivity index (χ2n) is 6.49. The number of carboxylic acids is 1. The summed E-state index contributed by atoms with van der Waals surface area (Å²) in [4.78, 5) is 13.5. The Balaban J connectivity index is 1.76. The third kappa shape index (κ3) is 3.83. The van der Waals surface area contributed by atoms with Gasteiger partial charge in [-0.1, -0.05) is 30.3 Å². The number of likely N-dealkylation sites (tertiary alicyclic amines) is 1. The van der Waals surface area contributed by atoms with Gasteiger partial charge >= 0.3 is 5.97 Å². The quantitative estimate of drug-likeness (QED) is 0.865. The molecule has 3 nitrogen and oxygen atoms in total. The van der Waals surface area contributed by atoms with Crippen LogP contribution in [0.25, 0.3) is 0 Å². The lowest BCUT2D eigenvalue weighted by atomic mass is 9.88. The molecule has 0 radical (unpaired) electrons. The number of rotatable bonds is 6. The van der Waals surface area contributed by atoms with Crippen molar-refractivity contribution >= 4 is 5.97 Å². The van der Waals surface area contributed by atoms with Crippen molar-refractivity contribution in [1.82, 2.24) is 4.90 Å². The monoisotopic (exact) mass is 275 g/mol. The van der Waals surface area contributed by atoms with Gasteiger partial charge in [0, 0.05) is 6.54 Å². The SMILES string of the molecule is CC(C)(CCCN1CCC(c2ccccc2)C1)C(=O)O. The van der Waals surface area contributed by atoms with Crippen molar-refractivity contribution in [3.63, 3.8) is 0 Å². The number of hydrogen-bond acceptors (Lipinski definition) is 2. The van der Waals surface area contributed by atoms with Gasteiger partial charge < -0.3 is 10.0 Å². The molecule has 1 unspecified atom stereocenters. The largest absolute Gasteiger partial charge is 0.481 e. The number of nitrogens with zero attached hydrogens (tertiary/aromatic N) is 1. The molecule has 0 spiro atoms. The van der Waals surface area contributed by atoms with Crippen LogP contribution in [-0.2, 0) is 4.79 Å². The third-order valence-corrected chi connectivity index (χ3v) is 4.40. The first-order valence-electron chi connectivity index (χ1n) is 7.50. The lowest BCUT2D eigenvalue weighted by molar-refractivity contribution is -0.147. The highest BCUT2D eigenvalue weighted by molar-refractivity contribution is 5.73. The predicted molar refractivity (Wildman–Crippen MR) is 80.9 cm³/mol. The van der Waals surface area contributed by atoms with Gasteiger partial charge in [0.05, 0.1) is 5.41 Å². The molecule has 1 heterocycles. The van der Waals surface area contributed by atoms with Crippen molar-refractivity contribution in [2.75, 3.05) is 19.6 Å². The fourth-order valence-electron chi connectivity index (χ4n) is 2.88. The van der Waals surface area contributed by atoms with E-state index in [1.54, 1.807) is 0 Å². The minimum Gasteiger partial charge on any atom is -0.481 e. The summed E-state index contributed by atoms with van der Waals surface area (Å²) < 4.78 is 0. The zero-order chi connectivity index (χ0) is 14.6. The average Bonchev–Trinajstić information content (AvgIpc) is 2.88. The van der Waals surface area contributed by atoms with E-state index in [2.05, 4.69) is 35.2 Å². The van der Waals surface area contributed by atoms with Crippen LogP contribution in [0.4, 0.5) is 0 Å². The summed E-state index contributed by atoms with van der Waals surface area (Å²) in [6.45, 7) is 6.88. The van der Waals surface area contributed by atoms with E-state index in [0.717, 1.165) is 32.5 Å². The minimum absolute atomic E-state index is 0.599. The van der Waals surface area contributed by atoms with Crippen LogP contribution in [0.3, 0.4) is 0 Å². The van der Waals surface area contributed by atoms with Crippen LogP contribution < -0.4 is 0 Å². The molecule has 0 bridgehead atoms. The van der Waals surface area contributed by atoms with Crippen LogP contribution in [0.1, 0.15) is 44.6 Å². The molecule has 1 aliphatic rings. The van der Waals surface area contributed by atoms with E-state index in [0.29, 0.717) is 5.92 Å². The summed E-state index contributed by atoms with van der Waals surface area (Å²) in [5.41, 5.74) is 0.833. The summed E-state index contributed by atoms with van der Waals surface area (Å²) in [7, 11) is 0. The Kier molecular flexibility index (Phi) is 4.81. The average molecular weight is 275 g/mol. The molecule has 2 rings (SSSR count). The van der Waals surface area contributed by atoms with Gasteiger partial charge in [-0.15, -0.1) is 0 Å². The van der Waals surface area contributed by atoms with E-state index in [4.69, 9.17) is 5.11 Å². The standard InChI is InChI=1S/C17H25NO2/c1-17(2,16(19)20)10-6-11-18-12-9-15(13-18)14-7-4-3-5-8-14/h3-5,7-8,15H,6,9-13H2,1-2H3,(H,19,20). The molecule has 1 atom stereocenters. The molecular weight excluding hydrogens is 250 g/mol. The van der Waals surface area contributed by atoms with Crippen LogP contribution in [0.2, 0.25) is 0 Å². The van der Waals surface area contributed by atoms with Crippen molar-refractivity contribution in [3.05, 3.63) is 35.9 Å². The molecule has 110 valence electrons. The lowest BCUT2D eigenvalue weighted by Gasteiger charge is -2.21. The Bertz CT molecular complexity index is 442. The van der Waals surface area contributed by atoms with E-state index < -0.39 is 11.4 Å². The summed E-state index contributed by atoms with van der Waals surface area (Å²) in [5.74, 6) is -0.0511. The fraction of sp³-hybridized carbons (Fsp3) is 0.588. The van der Waals surface area contributed by atoms with Gasteiger partial charge in [-0.25, -0.2) is 0 Å². The van der Waals surface area contributed by atoms with Crippen LogP contribution in [-0.4, -0.2) is 35.6 Å². The first-order chi connectivity index (χ1) is 9.49. The van der Waals surface area contributed by atoms with Crippen molar-refractivity contribution in [3.8, 4) is 0 Å². The van der Waals surface area contributed by atoms with Gasteiger partial charge in [0.25, 0.3) is 0 Å². The van der Waals surface area contributed by atoms with E-state index in [-0.39, 0.29) is 0 Å². The molecule has 1 saturated heterocycles. The number of hydrogen-bond donors (Lipinski definition) is 1. The first kappa shape index (κ1) is 15.0. The molecule has 0 saturated carbocycles. The number of carbonyl (C=O) groups is 1. The predicted octanol–water partition coefficient (Wildman–Crippen LogP) is 3.37. The Labute approximate surface area is 121 Å². The molecule has 1 aliphatic heterocycles. The fourth-order valence-corrected chi connectivity index (χ4v) is 2.88. The van der Waals surface area contributed by atoms with Gasteiger partial charge in [-0.2, -0.15) is 0 Å². The molecule has 0 aromatic heterocycles. The number of aliphatic carboxylic acids is 1. The molecule has 0 aliphatic carbocycles. The van der Waals surface area contributed by atoms with Crippen LogP contribution in [0, 0.1) is 5.41 Å². The zero-order valence-electron chi connectivity index (χ0n) is 12.5. The van der Waals surface area contributed by atoms with Gasteiger partial charge in [0.1, 0.15) is 0 Å². The van der Waals surface area contributed by atoms with E-state index >= 15 is 0 Å². The van der Waals surface area contributed by atoms with E-state index in [1.807, 2.05) is 13.8 Å². The van der Waals surface area contributed by atoms with Gasteiger partial charge in [0.2, 0.25) is 0 Å². The second kappa shape index (κ2) is 6.40. The maximum atomic E-state index is 11.1. The van der Waals surface area contributed by atoms with Crippen LogP contribution >= 0.6 is 0 Å². The third-order valence-electron chi connectivity index (χ3n) is 4.40. The molecule has 0 amide bonds. The van der Waals surface area contributed by atoms with Crippen LogP contribution in [0.15, 0.2) is 30.3 Å². The number of carboxylic acid groups (broad SMARTS) is 1. The smallest absolute Gasteiger partial charge is 0.309 e. The topological polar surface area (TPSA) is 40.5 Å². The van der Waals surface area contributed by atoms with Gasteiger partial charge in [-0.05, 0) is 57.7 Å². The molecule has 1 aromatic rings. The molecule has 1 N–H and O–H groups in total. The molecule has 1 fully saturated rings. The minimum atomic E-state index is -0.693. The van der Waals surface area contributed by atoms with Gasteiger partial charge in [0.15, 0.2) is 0 Å². The Morgan fingerprint density at radius 3 is 2.70 bits per heavy atom.